The molecule has 8 heteroatoms. The number of benzene rings is 1. The fourth-order valence-electron chi connectivity index (χ4n) is 2.88. The highest BCUT2D eigenvalue weighted by atomic mass is 32.2. The van der Waals surface area contributed by atoms with E-state index in [1.807, 2.05) is 31.3 Å². The molecule has 1 aromatic heterocycles. The molecular weight excluding hydrogens is 328 g/mol. The topological polar surface area (TPSA) is 79.5 Å². The predicted molar refractivity (Wildman–Crippen MR) is 91.1 cm³/mol. The third-order valence-corrected chi connectivity index (χ3v) is 6.22. The van der Waals surface area contributed by atoms with Gasteiger partial charge in [0.25, 0.3) is 0 Å². The van der Waals surface area contributed by atoms with E-state index in [1.54, 1.807) is 6.92 Å². The molecule has 0 unspecified atom stereocenters. The van der Waals surface area contributed by atoms with Gasteiger partial charge >= 0.3 is 0 Å². The lowest BCUT2D eigenvalue weighted by Crippen LogP contribution is -2.26. The largest absolute Gasteiger partial charge is 0.424 e. The third kappa shape index (κ3) is 3.44. The maximum absolute atomic E-state index is 12.1. The number of aryl methyl sites for hydroxylation is 1. The average molecular weight is 350 g/mol. The van der Waals surface area contributed by atoms with Crippen LogP contribution in [0.2, 0.25) is 0 Å². The Hall–Kier alpha value is -1.93. The Morgan fingerprint density at radius 3 is 2.79 bits per heavy atom. The van der Waals surface area contributed by atoms with Gasteiger partial charge in [0, 0.05) is 19.5 Å². The van der Waals surface area contributed by atoms with E-state index in [-0.39, 0.29) is 11.8 Å². The lowest BCUT2D eigenvalue weighted by Gasteiger charge is -2.25. The number of aromatic nitrogens is 2. The molecule has 1 aliphatic rings. The molecule has 7 nitrogen and oxygen atoms in total. The molecule has 0 amide bonds. The summed E-state index contributed by atoms with van der Waals surface area (Å²) in [5.74, 6) is 1.34. The molecule has 0 spiro atoms. The minimum absolute atomic E-state index is 0.0856. The van der Waals surface area contributed by atoms with Gasteiger partial charge in [0.1, 0.15) is 0 Å². The lowest BCUT2D eigenvalue weighted by atomic mass is 10.1. The molecule has 0 radical (unpaired) electrons. The van der Waals surface area contributed by atoms with Gasteiger partial charge in [0.15, 0.2) is 0 Å². The summed E-state index contributed by atoms with van der Waals surface area (Å²) in [6, 6.07) is 7.79. The van der Waals surface area contributed by atoms with Crippen molar-refractivity contribution in [2.24, 2.45) is 0 Å². The fourth-order valence-corrected chi connectivity index (χ4v) is 4.43. The molecule has 1 atom stereocenters. The van der Waals surface area contributed by atoms with Gasteiger partial charge in [-0.25, -0.2) is 8.42 Å². The quantitative estimate of drug-likeness (QED) is 0.822. The number of rotatable bonds is 5. The van der Waals surface area contributed by atoms with Crippen LogP contribution in [0.4, 0.5) is 5.69 Å². The number of nitrogens with zero attached hydrogens (tertiary/aromatic N) is 4. The number of hydrogen-bond acceptors (Lipinski definition) is 6. The molecule has 0 bridgehead atoms. The summed E-state index contributed by atoms with van der Waals surface area (Å²) in [6.45, 7) is 4.92. The standard InChI is InChI=1S/C16H22N4O3S/c1-12(19(3)11-16-18-17-13(2)23-16)14-6-4-7-15(10-14)20-8-5-9-24(20,21)22/h4,6-7,10,12H,5,8-9,11H2,1-3H3/t12-/m0/s1. The van der Waals surface area contributed by atoms with Crippen LogP contribution >= 0.6 is 0 Å². The smallest absolute Gasteiger partial charge is 0.235 e. The maximum Gasteiger partial charge on any atom is 0.235 e. The van der Waals surface area contributed by atoms with E-state index in [0.717, 1.165) is 11.3 Å². The first-order valence-electron chi connectivity index (χ1n) is 7.96. The number of sulfonamides is 1. The molecule has 2 aromatic rings. The normalized spacial score (nSPS) is 18.2. The molecule has 1 aliphatic heterocycles. The Labute approximate surface area is 142 Å². The van der Waals surface area contributed by atoms with Crippen molar-refractivity contribution >= 4 is 15.7 Å². The summed E-state index contributed by atoms with van der Waals surface area (Å²) in [6.07, 6.45) is 0.679. The van der Waals surface area contributed by atoms with Crippen LogP contribution in [-0.2, 0) is 16.6 Å². The molecule has 0 aliphatic carbocycles. The van der Waals surface area contributed by atoms with Gasteiger partial charge in [-0.3, -0.25) is 9.21 Å². The van der Waals surface area contributed by atoms with Crippen molar-refractivity contribution in [3.05, 3.63) is 41.6 Å². The molecule has 1 saturated heterocycles. The van der Waals surface area contributed by atoms with Gasteiger partial charge in [0.2, 0.25) is 21.8 Å². The second-order valence-corrected chi connectivity index (χ2v) is 8.16. The Kier molecular flexibility index (Phi) is 4.60. The average Bonchev–Trinajstić information content (AvgIpc) is 3.11. The van der Waals surface area contributed by atoms with Crippen LogP contribution in [0, 0.1) is 6.92 Å². The molecule has 2 heterocycles. The van der Waals surface area contributed by atoms with E-state index in [0.29, 0.717) is 31.3 Å². The molecule has 24 heavy (non-hydrogen) atoms. The summed E-state index contributed by atoms with van der Waals surface area (Å²) in [4.78, 5) is 2.09. The molecule has 130 valence electrons. The fraction of sp³-hybridized carbons (Fsp3) is 0.500. The summed E-state index contributed by atoms with van der Waals surface area (Å²) < 4.78 is 31.1. The summed E-state index contributed by atoms with van der Waals surface area (Å²) in [5.41, 5.74) is 1.78. The van der Waals surface area contributed by atoms with Crippen LogP contribution in [0.25, 0.3) is 0 Å². The molecule has 1 aromatic carbocycles. The zero-order chi connectivity index (χ0) is 17.3. The first kappa shape index (κ1) is 16.9. The minimum Gasteiger partial charge on any atom is -0.424 e. The van der Waals surface area contributed by atoms with Gasteiger partial charge in [0.05, 0.1) is 18.0 Å². The molecule has 3 rings (SSSR count). The van der Waals surface area contributed by atoms with Gasteiger partial charge in [-0.15, -0.1) is 10.2 Å². The summed E-state index contributed by atoms with van der Waals surface area (Å²) >= 11 is 0. The number of hydrogen-bond donors (Lipinski definition) is 0. The van der Waals surface area contributed by atoms with Crippen molar-refractivity contribution < 1.29 is 12.8 Å². The van der Waals surface area contributed by atoms with Crippen molar-refractivity contribution in [1.82, 2.24) is 15.1 Å². The SMILES string of the molecule is Cc1nnc(CN(C)[C@@H](C)c2cccc(N3CCCS3(=O)=O)c2)o1. The Bertz CT molecular complexity index is 818. The van der Waals surface area contributed by atoms with Crippen LogP contribution in [0.1, 0.15) is 36.7 Å². The van der Waals surface area contributed by atoms with Crippen molar-refractivity contribution in [3.63, 3.8) is 0 Å². The molecule has 0 saturated carbocycles. The highest BCUT2D eigenvalue weighted by Gasteiger charge is 2.28. The minimum atomic E-state index is -3.16. The monoisotopic (exact) mass is 350 g/mol. The van der Waals surface area contributed by atoms with E-state index >= 15 is 0 Å². The highest BCUT2D eigenvalue weighted by molar-refractivity contribution is 7.93. The first-order chi connectivity index (χ1) is 11.4. The van der Waals surface area contributed by atoms with Crippen molar-refractivity contribution in [3.8, 4) is 0 Å². The summed E-state index contributed by atoms with van der Waals surface area (Å²) in [5, 5.41) is 7.85. The van der Waals surface area contributed by atoms with Crippen LogP contribution in [0.5, 0.6) is 0 Å². The molecule has 1 fully saturated rings. The van der Waals surface area contributed by atoms with Crippen LogP contribution < -0.4 is 4.31 Å². The van der Waals surface area contributed by atoms with E-state index < -0.39 is 10.0 Å². The first-order valence-corrected chi connectivity index (χ1v) is 9.57. The maximum atomic E-state index is 12.1. The van der Waals surface area contributed by atoms with Gasteiger partial charge in [-0.05, 0) is 38.1 Å². The molecular formula is C16H22N4O3S. The van der Waals surface area contributed by atoms with Gasteiger partial charge in [-0.1, -0.05) is 12.1 Å². The zero-order valence-corrected chi connectivity index (χ0v) is 15.0. The molecule has 0 N–H and O–H groups in total. The third-order valence-electron chi connectivity index (χ3n) is 4.35. The lowest BCUT2D eigenvalue weighted by molar-refractivity contribution is 0.226. The van der Waals surface area contributed by atoms with Gasteiger partial charge in [-0.2, -0.15) is 0 Å². The van der Waals surface area contributed by atoms with Crippen molar-refractivity contribution in [2.75, 3.05) is 23.7 Å². The van der Waals surface area contributed by atoms with E-state index in [1.165, 1.54) is 4.31 Å². The zero-order valence-electron chi connectivity index (χ0n) is 14.1. The Balaban J connectivity index is 1.77. The van der Waals surface area contributed by atoms with E-state index in [2.05, 4.69) is 22.0 Å². The van der Waals surface area contributed by atoms with Crippen molar-refractivity contribution in [2.45, 2.75) is 32.9 Å². The Morgan fingerprint density at radius 1 is 1.38 bits per heavy atom. The second kappa shape index (κ2) is 6.52. The van der Waals surface area contributed by atoms with Gasteiger partial charge < -0.3 is 4.42 Å². The van der Waals surface area contributed by atoms with Crippen molar-refractivity contribution in [1.29, 1.82) is 0 Å². The second-order valence-electron chi connectivity index (χ2n) is 6.14. The van der Waals surface area contributed by atoms with E-state index in [9.17, 15) is 8.42 Å². The van der Waals surface area contributed by atoms with E-state index in [4.69, 9.17) is 4.42 Å². The predicted octanol–water partition coefficient (Wildman–Crippen LogP) is 2.11. The highest BCUT2D eigenvalue weighted by Crippen LogP contribution is 2.28. The van der Waals surface area contributed by atoms with Crippen LogP contribution in [0.3, 0.4) is 0 Å². The van der Waals surface area contributed by atoms with Crippen LogP contribution in [0.15, 0.2) is 28.7 Å². The number of anilines is 1. The summed E-state index contributed by atoms with van der Waals surface area (Å²) in [7, 11) is -1.19. The van der Waals surface area contributed by atoms with Crippen LogP contribution in [-0.4, -0.2) is 42.9 Å². The Morgan fingerprint density at radius 2 is 2.17 bits per heavy atom.